The number of rotatable bonds is 5. The van der Waals surface area contributed by atoms with Gasteiger partial charge in [0.05, 0.1) is 6.61 Å². The van der Waals surface area contributed by atoms with E-state index in [1.807, 2.05) is 6.92 Å². The Morgan fingerprint density at radius 2 is 1.88 bits per heavy atom. The van der Waals surface area contributed by atoms with Crippen LogP contribution < -0.4 is 10.1 Å². The first-order valence-electron chi connectivity index (χ1n) is 7.41. The first kappa shape index (κ1) is 16.1. The highest BCUT2D eigenvalue weighted by Crippen LogP contribution is 2.24. The zero-order chi connectivity index (χ0) is 16.9. The maximum atomic E-state index is 13.0. The molecular formula is C18H15FN2O2S. The van der Waals surface area contributed by atoms with Crippen molar-refractivity contribution in [2.75, 3.05) is 11.9 Å². The Morgan fingerprint density at radius 3 is 2.54 bits per heavy atom. The summed E-state index contributed by atoms with van der Waals surface area (Å²) in [5.74, 6) is 0.162. The van der Waals surface area contributed by atoms with Crippen molar-refractivity contribution >= 4 is 22.9 Å². The fourth-order valence-electron chi connectivity index (χ4n) is 2.10. The molecule has 0 unspecified atom stereocenters. The lowest BCUT2D eigenvalue weighted by Gasteiger charge is -2.05. The summed E-state index contributed by atoms with van der Waals surface area (Å²) in [6.07, 6.45) is 0. The van der Waals surface area contributed by atoms with E-state index < -0.39 is 0 Å². The van der Waals surface area contributed by atoms with Crippen molar-refractivity contribution in [1.82, 2.24) is 4.98 Å². The Labute approximate surface area is 142 Å². The monoisotopic (exact) mass is 342 g/mol. The number of halogens is 1. The molecule has 122 valence electrons. The van der Waals surface area contributed by atoms with Gasteiger partial charge in [0.25, 0.3) is 5.91 Å². The summed E-state index contributed by atoms with van der Waals surface area (Å²) in [6, 6.07) is 13.2. The molecular weight excluding hydrogens is 327 g/mol. The van der Waals surface area contributed by atoms with Crippen molar-refractivity contribution in [2.45, 2.75) is 6.92 Å². The molecule has 2 aromatic carbocycles. The Bertz CT molecular complexity index is 829. The predicted molar refractivity (Wildman–Crippen MR) is 93.1 cm³/mol. The number of benzene rings is 2. The summed E-state index contributed by atoms with van der Waals surface area (Å²) in [5.41, 5.74) is 1.77. The van der Waals surface area contributed by atoms with Crippen LogP contribution in [0.2, 0.25) is 0 Å². The Hall–Kier alpha value is -2.73. The van der Waals surface area contributed by atoms with E-state index in [9.17, 15) is 9.18 Å². The summed E-state index contributed by atoms with van der Waals surface area (Å²) >= 11 is 1.34. The second-order valence-corrected chi connectivity index (χ2v) is 5.81. The van der Waals surface area contributed by atoms with Crippen LogP contribution in [0.25, 0.3) is 10.6 Å². The Balaban J connectivity index is 1.70. The third-order valence-electron chi connectivity index (χ3n) is 3.25. The molecule has 3 aromatic rings. The third kappa shape index (κ3) is 3.78. The minimum atomic E-state index is -0.302. The van der Waals surface area contributed by atoms with Gasteiger partial charge < -0.3 is 10.1 Å². The van der Waals surface area contributed by atoms with Crippen molar-refractivity contribution in [2.24, 2.45) is 0 Å². The lowest BCUT2D eigenvalue weighted by Crippen LogP contribution is -2.12. The van der Waals surface area contributed by atoms with Gasteiger partial charge >= 0.3 is 0 Å². The van der Waals surface area contributed by atoms with E-state index >= 15 is 0 Å². The van der Waals surface area contributed by atoms with Gasteiger partial charge in [0, 0.05) is 16.6 Å². The maximum absolute atomic E-state index is 13.0. The van der Waals surface area contributed by atoms with Gasteiger partial charge in [-0.2, -0.15) is 0 Å². The van der Waals surface area contributed by atoms with Gasteiger partial charge in [0.2, 0.25) is 0 Å². The van der Waals surface area contributed by atoms with E-state index in [0.717, 1.165) is 11.3 Å². The molecule has 0 saturated heterocycles. The van der Waals surface area contributed by atoms with Gasteiger partial charge in [-0.1, -0.05) is 0 Å². The van der Waals surface area contributed by atoms with Gasteiger partial charge in [-0.05, 0) is 55.5 Å². The number of anilines is 1. The summed E-state index contributed by atoms with van der Waals surface area (Å²) in [4.78, 5) is 16.6. The van der Waals surface area contributed by atoms with Gasteiger partial charge in [-0.15, -0.1) is 11.3 Å². The number of nitrogens with one attached hydrogen (secondary N) is 1. The van der Waals surface area contributed by atoms with Crippen LogP contribution in [-0.2, 0) is 0 Å². The topological polar surface area (TPSA) is 51.2 Å². The molecule has 0 fully saturated rings. The molecule has 0 spiro atoms. The largest absolute Gasteiger partial charge is 0.494 e. The molecule has 3 rings (SSSR count). The van der Waals surface area contributed by atoms with Gasteiger partial charge in [0.15, 0.2) is 0 Å². The molecule has 1 N–H and O–H groups in total. The number of thiazole rings is 1. The molecule has 1 heterocycles. The molecule has 24 heavy (non-hydrogen) atoms. The van der Waals surface area contributed by atoms with Crippen molar-refractivity contribution in [3.05, 3.63) is 65.4 Å². The van der Waals surface area contributed by atoms with Crippen LogP contribution in [0, 0.1) is 5.82 Å². The maximum Gasteiger partial charge on any atom is 0.275 e. The highest BCUT2D eigenvalue weighted by molar-refractivity contribution is 7.13. The summed E-state index contributed by atoms with van der Waals surface area (Å²) < 4.78 is 18.3. The highest BCUT2D eigenvalue weighted by Gasteiger charge is 2.12. The molecule has 0 aliphatic carbocycles. The molecule has 0 atom stereocenters. The van der Waals surface area contributed by atoms with Gasteiger partial charge in [0.1, 0.15) is 22.3 Å². The normalized spacial score (nSPS) is 10.4. The number of ether oxygens (including phenoxy) is 1. The van der Waals surface area contributed by atoms with Crippen LogP contribution in [0.15, 0.2) is 53.9 Å². The molecule has 0 radical (unpaired) electrons. The number of hydrogen-bond acceptors (Lipinski definition) is 4. The van der Waals surface area contributed by atoms with E-state index in [-0.39, 0.29) is 11.7 Å². The van der Waals surface area contributed by atoms with Crippen LogP contribution in [0.3, 0.4) is 0 Å². The molecule has 0 bridgehead atoms. The van der Waals surface area contributed by atoms with E-state index in [1.165, 1.54) is 23.5 Å². The van der Waals surface area contributed by atoms with Crippen LogP contribution >= 0.6 is 11.3 Å². The number of carbonyl (C=O) groups is 1. The quantitative estimate of drug-likeness (QED) is 0.737. The van der Waals surface area contributed by atoms with E-state index in [2.05, 4.69) is 10.3 Å². The van der Waals surface area contributed by atoms with Crippen molar-refractivity contribution in [3.8, 4) is 16.3 Å². The molecule has 0 saturated carbocycles. The van der Waals surface area contributed by atoms with Crippen molar-refractivity contribution in [1.29, 1.82) is 0 Å². The second-order valence-electron chi connectivity index (χ2n) is 4.96. The molecule has 0 aliphatic heterocycles. The zero-order valence-corrected chi connectivity index (χ0v) is 13.8. The summed E-state index contributed by atoms with van der Waals surface area (Å²) in [7, 11) is 0. The van der Waals surface area contributed by atoms with Crippen LogP contribution in [0.4, 0.5) is 10.1 Å². The standard InChI is InChI=1S/C18H15FN2O2S/c1-2-23-15-9-7-14(8-10-15)20-17(22)16-11-24-18(21-16)12-3-5-13(19)6-4-12/h3-11H,2H2,1H3,(H,20,22). The van der Waals surface area contributed by atoms with Crippen molar-refractivity contribution < 1.29 is 13.9 Å². The zero-order valence-electron chi connectivity index (χ0n) is 13.0. The fraction of sp³-hybridized carbons (Fsp3) is 0.111. The van der Waals surface area contributed by atoms with E-state index in [0.29, 0.717) is 23.0 Å². The third-order valence-corrected chi connectivity index (χ3v) is 4.14. The minimum Gasteiger partial charge on any atom is -0.494 e. The highest BCUT2D eigenvalue weighted by atomic mass is 32.1. The van der Waals surface area contributed by atoms with E-state index in [4.69, 9.17) is 4.74 Å². The summed E-state index contributed by atoms with van der Waals surface area (Å²) in [6.45, 7) is 2.51. The number of carbonyl (C=O) groups excluding carboxylic acids is 1. The lowest BCUT2D eigenvalue weighted by molar-refractivity contribution is 0.102. The second kappa shape index (κ2) is 7.23. The summed E-state index contributed by atoms with van der Waals surface area (Å²) in [5, 5.41) is 5.15. The van der Waals surface area contributed by atoms with Crippen LogP contribution in [0.5, 0.6) is 5.75 Å². The first-order chi connectivity index (χ1) is 11.7. The predicted octanol–water partition coefficient (Wildman–Crippen LogP) is 4.60. The first-order valence-corrected chi connectivity index (χ1v) is 8.29. The smallest absolute Gasteiger partial charge is 0.275 e. The number of amides is 1. The lowest BCUT2D eigenvalue weighted by atomic mass is 10.2. The molecule has 1 aromatic heterocycles. The number of aromatic nitrogens is 1. The van der Waals surface area contributed by atoms with Crippen molar-refractivity contribution in [3.63, 3.8) is 0 Å². The molecule has 6 heteroatoms. The molecule has 0 aliphatic rings. The number of hydrogen-bond donors (Lipinski definition) is 1. The van der Waals surface area contributed by atoms with Gasteiger partial charge in [-0.25, -0.2) is 9.37 Å². The average molecular weight is 342 g/mol. The van der Waals surface area contributed by atoms with Gasteiger partial charge in [-0.3, -0.25) is 4.79 Å². The molecule has 1 amide bonds. The molecule has 4 nitrogen and oxygen atoms in total. The number of nitrogens with zero attached hydrogens (tertiary/aromatic N) is 1. The van der Waals surface area contributed by atoms with E-state index in [1.54, 1.807) is 41.8 Å². The SMILES string of the molecule is CCOc1ccc(NC(=O)c2csc(-c3ccc(F)cc3)n2)cc1. The Kier molecular flexibility index (Phi) is 4.86. The fourth-order valence-corrected chi connectivity index (χ4v) is 2.91. The van der Waals surface area contributed by atoms with Crippen LogP contribution in [0.1, 0.15) is 17.4 Å². The average Bonchev–Trinajstić information content (AvgIpc) is 3.08. The minimum absolute atomic E-state index is 0.288. The Morgan fingerprint density at radius 1 is 1.17 bits per heavy atom. The van der Waals surface area contributed by atoms with Crippen LogP contribution in [-0.4, -0.2) is 17.5 Å².